The molecule has 1 aromatic rings. The van der Waals surface area contributed by atoms with Gasteiger partial charge in [0.1, 0.15) is 0 Å². The second-order valence-electron chi connectivity index (χ2n) is 4.97. The molecule has 0 spiro atoms. The van der Waals surface area contributed by atoms with Crippen molar-refractivity contribution < 1.29 is 4.79 Å². The van der Waals surface area contributed by atoms with Gasteiger partial charge < -0.3 is 10.6 Å². The number of piperidine rings is 1. The third-order valence-electron chi connectivity index (χ3n) is 3.79. The molecule has 0 saturated carbocycles. The largest absolute Gasteiger partial charge is 0.338 e. The summed E-state index contributed by atoms with van der Waals surface area (Å²) in [4.78, 5) is 14.3. The Morgan fingerprint density at radius 2 is 2.21 bits per heavy atom. The highest BCUT2D eigenvalue weighted by atomic mass is 35.5. The van der Waals surface area contributed by atoms with Crippen LogP contribution in [0.15, 0.2) is 18.2 Å². The fraction of sp³-hybridized carbons (Fsp3) is 0.500. The topological polar surface area (TPSA) is 46.3 Å². The summed E-state index contributed by atoms with van der Waals surface area (Å²) in [6.07, 6.45) is 1.82. The summed E-state index contributed by atoms with van der Waals surface area (Å²) in [6, 6.07) is 5.33. The van der Waals surface area contributed by atoms with E-state index in [9.17, 15) is 4.79 Å². The lowest BCUT2D eigenvalue weighted by Crippen LogP contribution is -2.49. The van der Waals surface area contributed by atoms with Gasteiger partial charge in [0.15, 0.2) is 0 Å². The number of nitrogens with two attached hydrogens (primary N) is 1. The van der Waals surface area contributed by atoms with Crippen molar-refractivity contribution in [2.75, 3.05) is 13.1 Å². The Balaban J connectivity index is 2.18. The molecule has 0 aromatic heterocycles. The zero-order valence-corrected chi connectivity index (χ0v) is 12.4. The molecule has 0 radical (unpaired) electrons. The van der Waals surface area contributed by atoms with Gasteiger partial charge in [0.05, 0.1) is 15.6 Å². The van der Waals surface area contributed by atoms with Crippen molar-refractivity contribution in [1.82, 2.24) is 4.90 Å². The molecule has 1 aliphatic rings. The lowest BCUT2D eigenvalue weighted by atomic mass is 9.90. The summed E-state index contributed by atoms with van der Waals surface area (Å²) >= 11 is 12.1. The fourth-order valence-electron chi connectivity index (χ4n) is 2.51. The van der Waals surface area contributed by atoms with Crippen molar-refractivity contribution in [3.63, 3.8) is 0 Å². The number of halogens is 2. The maximum absolute atomic E-state index is 12.5. The lowest BCUT2D eigenvalue weighted by Gasteiger charge is -2.36. The average molecular weight is 301 g/mol. The average Bonchev–Trinajstić information content (AvgIpc) is 2.41. The Bertz CT molecular complexity index is 479. The molecular formula is C14H18Cl2N2O. The number of carbonyl (C=O) groups excluding carboxylic acids is 1. The van der Waals surface area contributed by atoms with Crippen molar-refractivity contribution in [3.05, 3.63) is 33.8 Å². The number of hydrogen-bond donors (Lipinski definition) is 1. The summed E-state index contributed by atoms with van der Waals surface area (Å²) in [5.74, 6) is 0.300. The van der Waals surface area contributed by atoms with E-state index in [-0.39, 0.29) is 11.9 Å². The molecule has 104 valence electrons. The second kappa shape index (κ2) is 6.12. The van der Waals surface area contributed by atoms with Gasteiger partial charge in [0, 0.05) is 19.1 Å². The predicted octanol–water partition coefficient (Wildman–Crippen LogP) is 3.19. The predicted molar refractivity (Wildman–Crippen MR) is 78.7 cm³/mol. The van der Waals surface area contributed by atoms with E-state index in [0.29, 0.717) is 34.6 Å². The minimum Gasteiger partial charge on any atom is -0.338 e. The number of hydrogen-bond acceptors (Lipinski definition) is 2. The third kappa shape index (κ3) is 3.04. The first kappa shape index (κ1) is 14.6. The molecule has 1 amide bonds. The van der Waals surface area contributed by atoms with E-state index in [0.717, 1.165) is 12.8 Å². The van der Waals surface area contributed by atoms with Crippen LogP contribution in [0, 0.1) is 5.92 Å². The Kier molecular flexibility index (Phi) is 4.71. The first-order valence-corrected chi connectivity index (χ1v) is 7.29. The molecule has 19 heavy (non-hydrogen) atoms. The van der Waals surface area contributed by atoms with Gasteiger partial charge in [-0.25, -0.2) is 0 Å². The molecule has 2 rings (SSSR count). The highest BCUT2D eigenvalue weighted by Gasteiger charge is 2.29. The molecule has 5 heteroatoms. The highest BCUT2D eigenvalue weighted by Crippen LogP contribution is 2.28. The number of carbonyl (C=O) groups is 1. The molecule has 1 aliphatic heterocycles. The summed E-state index contributed by atoms with van der Waals surface area (Å²) in [5.41, 5.74) is 6.53. The van der Waals surface area contributed by atoms with Gasteiger partial charge in [-0.3, -0.25) is 4.79 Å². The van der Waals surface area contributed by atoms with E-state index in [2.05, 4.69) is 6.92 Å². The van der Waals surface area contributed by atoms with Crippen LogP contribution in [-0.4, -0.2) is 29.9 Å². The van der Waals surface area contributed by atoms with Crippen LogP contribution in [0.4, 0.5) is 0 Å². The number of nitrogens with zero attached hydrogens (tertiary/aromatic N) is 1. The minimum absolute atomic E-state index is 0.0575. The highest BCUT2D eigenvalue weighted by molar-refractivity contribution is 6.43. The molecule has 0 aliphatic carbocycles. The molecule has 2 N–H and O–H groups in total. The van der Waals surface area contributed by atoms with Crippen LogP contribution in [0.3, 0.4) is 0 Å². The Hall–Kier alpha value is -0.770. The summed E-state index contributed by atoms with van der Waals surface area (Å²) in [5, 5.41) is 0.741. The monoisotopic (exact) mass is 300 g/mol. The van der Waals surface area contributed by atoms with Crippen LogP contribution >= 0.6 is 23.2 Å². The van der Waals surface area contributed by atoms with E-state index in [1.54, 1.807) is 18.2 Å². The Morgan fingerprint density at radius 1 is 1.47 bits per heavy atom. The fourth-order valence-corrected chi connectivity index (χ4v) is 2.89. The maximum atomic E-state index is 12.5. The van der Waals surface area contributed by atoms with Gasteiger partial charge >= 0.3 is 0 Å². The molecule has 1 aromatic carbocycles. The summed E-state index contributed by atoms with van der Waals surface area (Å²) in [6.45, 7) is 3.48. The van der Waals surface area contributed by atoms with Gasteiger partial charge in [-0.05, 0) is 24.5 Å². The van der Waals surface area contributed by atoms with Crippen molar-refractivity contribution in [1.29, 1.82) is 0 Å². The molecule has 1 heterocycles. The van der Waals surface area contributed by atoms with Crippen LogP contribution in [-0.2, 0) is 0 Å². The van der Waals surface area contributed by atoms with E-state index in [4.69, 9.17) is 28.9 Å². The van der Waals surface area contributed by atoms with Crippen LogP contribution in [0.2, 0.25) is 10.0 Å². The quantitative estimate of drug-likeness (QED) is 0.912. The molecule has 3 nitrogen and oxygen atoms in total. The zero-order valence-electron chi connectivity index (χ0n) is 10.9. The van der Waals surface area contributed by atoms with Crippen LogP contribution in [0.5, 0.6) is 0 Å². The van der Waals surface area contributed by atoms with Gasteiger partial charge in [-0.15, -0.1) is 0 Å². The molecule has 2 unspecified atom stereocenters. The Morgan fingerprint density at radius 3 is 2.89 bits per heavy atom. The van der Waals surface area contributed by atoms with Gasteiger partial charge in [-0.1, -0.05) is 42.6 Å². The van der Waals surface area contributed by atoms with E-state index >= 15 is 0 Å². The summed E-state index contributed by atoms with van der Waals surface area (Å²) in [7, 11) is 0. The van der Waals surface area contributed by atoms with Crippen LogP contribution < -0.4 is 5.73 Å². The van der Waals surface area contributed by atoms with E-state index in [1.807, 2.05) is 4.90 Å². The first-order valence-electron chi connectivity index (χ1n) is 6.53. The molecule has 1 fully saturated rings. The number of benzene rings is 1. The van der Waals surface area contributed by atoms with Crippen molar-refractivity contribution in [2.45, 2.75) is 25.8 Å². The number of amides is 1. The normalized spacial score (nSPS) is 23.5. The SMILES string of the molecule is CCC1CN(C(=O)c2cccc(Cl)c2Cl)CCC1N. The molecular weight excluding hydrogens is 283 g/mol. The van der Waals surface area contributed by atoms with Crippen molar-refractivity contribution in [2.24, 2.45) is 11.7 Å². The number of likely N-dealkylation sites (tertiary alicyclic amines) is 1. The molecule has 2 atom stereocenters. The van der Waals surface area contributed by atoms with E-state index < -0.39 is 0 Å². The first-order chi connectivity index (χ1) is 9.04. The lowest BCUT2D eigenvalue weighted by molar-refractivity contribution is 0.0649. The zero-order chi connectivity index (χ0) is 14.0. The van der Waals surface area contributed by atoms with Crippen LogP contribution in [0.25, 0.3) is 0 Å². The standard InChI is InChI=1S/C14H18Cl2N2O/c1-2-9-8-18(7-6-12(9)17)14(19)10-4-3-5-11(15)13(10)16/h3-5,9,12H,2,6-8,17H2,1H3. The minimum atomic E-state index is -0.0575. The smallest absolute Gasteiger partial charge is 0.255 e. The maximum Gasteiger partial charge on any atom is 0.255 e. The van der Waals surface area contributed by atoms with Crippen molar-refractivity contribution >= 4 is 29.1 Å². The van der Waals surface area contributed by atoms with Gasteiger partial charge in [-0.2, -0.15) is 0 Å². The number of rotatable bonds is 2. The van der Waals surface area contributed by atoms with Gasteiger partial charge in [0.2, 0.25) is 0 Å². The molecule has 0 bridgehead atoms. The summed E-state index contributed by atoms with van der Waals surface area (Å²) < 4.78 is 0. The second-order valence-corrected chi connectivity index (χ2v) is 5.76. The van der Waals surface area contributed by atoms with Gasteiger partial charge in [0.25, 0.3) is 5.91 Å². The van der Waals surface area contributed by atoms with Crippen LogP contribution in [0.1, 0.15) is 30.1 Å². The van der Waals surface area contributed by atoms with Crippen molar-refractivity contribution in [3.8, 4) is 0 Å². The van der Waals surface area contributed by atoms with E-state index in [1.165, 1.54) is 0 Å². The third-order valence-corrected chi connectivity index (χ3v) is 4.61. The molecule has 1 saturated heterocycles. The Labute approximate surface area is 123 Å².